The lowest BCUT2D eigenvalue weighted by Crippen LogP contribution is -2.30. The van der Waals surface area contributed by atoms with E-state index in [2.05, 4.69) is 26.1 Å². The molecular weight excluding hydrogens is 225 g/mol. The summed E-state index contributed by atoms with van der Waals surface area (Å²) in [5.74, 6) is 0.591. The van der Waals surface area contributed by atoms with Gasteiger partial charge in [-0.3, -0.25) is 0 Å². The molecule has 2 rings (SSSR count). The summed E-state index contributed by atoms with van der Waals surface area (Å²) in [5, 5.41) is 3.63. The average molecular weight is 249 g/mol. The second kappa shape index (κ2) is 5.40. The third-order valence-corrected chi connectivity index (χ3v) is 4.48. The molecule has 0 aromatic heterocycles. The van der Waals surface area contributed by atoms with Crippen molar-refractivity contribution in [3.8, 4) is 0 Å². The summed E-state index contributed by atoms with van der Waals surface area (Å²) in [4.78, 5) is 0. The zero-order valence-corrected chi connectivity index (χ0v) is 11.7. The Bertz CT molecular complexity index is 396. The van der Waals surface area contributed by atoms with Crippen LogP contribution in [0.15, 0.2) is 24.3 Å². The maximum Gasteiger partial charge on any atom is 0.123 e. The van der Waals surface area contributed by atoms with Crippen LogP contribution in [0.4, 0.5) is 4.39 Å². The summed E-state index contributed by atoms with van der Waals surface area (Å²) < 4.78 is 13.3. The molecule has 1 aromatic carbocycles. The molecule has 1 N–H and O–H groups in total. The largest absolute Gasteiger partial charge is 0.309 e. The van der Waals surface area contributed by atoms with Crippen molar-refractivity contribution < 1.29 is 4.39 Å². The molecule has 0 aliphatic heterocycles. The molecule has 0 spiro atoms. The van der Waals surface area contributed by atoms with E-state index in [0.29, 0.717) is 5.41 Å². The molecule has 1 aromatic rings. The lowest BCUT2D eigenvalue weighted by Gasteiger charge is -2.25. The van der Waals surface area contributed by atoms with Crippen molar-refractivity contribution in [1.82, 2.24) is 5.32 Å². The highest BCUT2D eigenvalue weighted by Crippen LogP contribution is 2.51. The summed E-state index contributed by atoms with van der Waals surface area (Å²) in [6.45, 7) is 7.81. The van der Waals surface area contributed by atoms with Crippen molar-refractivity contribution in [3.05, 3.63) is 35.6 Å². The number of halogens is 1. The first-order valence-electron chi connectivity index (χ1n) is 7.06. The number of benzene rings is 1. The quantitative estimate of drug-likeness (QED) is 0.792. The lowest BCUT2D eigenvalue weighted by molar-refractivity contribution is 0.318. The summed E-state index contributed by atoms with van der Waals surface area (Å²) in [7, 11) is 0. The Morgan fingerprint density at radius 3 is 2.56 bits per heavy atom. The van der Waals surface area contributed by atoms with E-state index in [0.717, 1.165) is 24.4 Å². The molecule has 1 unspecified atom stereocenters. The van der Waals surface area contributed by atoms with E-state index in [1.54, 1.807) is 12.1 Å². The second-order valence-corrected chi connectivity index (χ2v) is 5.91. The topological polar surface area (TPSA) is 12.0 Å². The fourth-order valence-corrected chi connectivity index (χ4v) is 2.67. The van der Waals surface area contributed by atoms with Crippen LogP contribution in [0.3, 0.4) is 0 Å². The fraction of sp³-hybridized carbons (Fsp3) is 0.625. The molecule has 0 amide bonds. The van der Waals surface area contributed by atoms with Crippen molar-refractivity contribution in [2.24, 2.45) is 11.3 Å². The van der Waals surface area contributed by atoms with Crippen molar-refractivity contribution >= 4 is 0 Å². The minimum atomic E-state index is -0.141. The van der Waals surface area contributed by atoms with Crippen molar-refractivity contribution in [2.45, 2.75) is 46.1 Å². The van der Waals surface area contributed by atoms with Crippen molar-refractivity contribution in [1.29, 1.82) is 0 Å². The van der Waals surface area contributed by atoms with Gasteiger partial charge in [-0.05, 0) is 48.3 Å². The van der Waals surface area contributed by atoms with Gasteiger partial charge in [0.05, 0.1) is 0 Å². The molecule has 100 valence electrons. The molecule has 0 radical (unpaired) electrons. The molecule has 2 heteroatoms. The van der Waals surface area contributed by atoms with Crippen molar-refractivity contribution in [3.63, 3.8) is 0 Å². The molecule has 1 atom stereocenters. The van der Waals surface area contributed by atoms with Crippen LogP contribution in [0.5, 0.6) is 0 Å². The van der Waals surface area contributed by atoms with Gasteiger partial charge in [-0.1, -0.05) is 32.9 Å². The summed E-state index contributed by atoms with van der Waals surface area (Å²) in [6.07, 6.45) is 3.66. The van der Waals surface area contributed by atoms with Gasteiger partial charge >= 0.3 is 0 Å². The van der Waals surface area contributed by atoms with E-state index >= 15 is 0 Å². The third-order valence-electron chi connectivity index (χ3n) is 4.48. The highest BCUT2D eigenvalue weighted by atomic mass is 19.1. The molecule has 1 aliphatic rings. The Morgan fingerprint density at radius 1 is 1.33 bits per heavy atom. The minimum Gasteiger partial charge on any atom is -0.309 e. The van der Waals surface area contributed by atoms with Gasteiger partial charge in [0.1, 0.15) is 5.82 Å². The molecule has 0 saturated heterocycles. The molecule has 1 saturated carbocycles. The minimum absolute atomic E-state index is 0.141. The molecule has 1 fully saturated rings. The van der Waals surface area contributed by atoms with Gasteiger partial charge in [-0.2, -0.15) is 0 Å². The first-order valence-corrected chi connectivity index (χ1v) is 7.06. The molecule has 1 aliphatic carbocycles. The van der Waals surface area contributed by atoms with E-state index in [1.807, 2.05) is 6.07 Å². The summed E-state index contributed by atoms with van der Waals surface area (Å²) in [5.41, 5.74) is 1.57. The van der Waals surface area contributed by atoms with Gasteiger partial charge in [0.25, 0.3) is 0 Å². The Balaban J connectivity index is 1.98. The number of hydrogen-bond acceptors (Lipinski definition) is 1. The van der Waals surface area contributed by atoms with Crippen molar-refractivity contribution in [2.75, 3.05) is 6.54 Å². The number of rotatable bonds is 6. The first kappa shape index (κ1) is 13.5. The van der Waals surface area contributed by atoms with Crippen LogP contribution in [-0.4, -0.2) is 6.54 Å². The van der Waals surface area contributed by atoms with Gasteiger partial charge in [0, 0.05) is 12.6 Å². The highest BCUT2D eigenvalue weighted by molar-refractivity contribution is 5.20. The normalized spacial score (nSPS) is 18.9. The van der Waals surface area contributed by atoms with Crippen LogP contribution >= 0.6 is 0 Å². The SMILES string of the molecule is CCC(NCC1(C(C)C)CC1)c1cccc(F)c1. The van der Waals surface area contributed by atoms with Gasteiger partial charge in [-0.15, -0.1) is 0 Å². The van der Waals surface area contributed by atoms with Crippen LogP contribution in [0.25, 0.3) is 0 Å². The molecule has 18 heavy (non-hydrogen) atoms. The average Bonchev–Trinajstić information content (AvgIpc) is 3.11. The molecule has 1 nitrogen and oxygen atoms in total. The van der Waals surface area contributed by atoms with Crippen LogP contribution in [-0.2, 0) is 0 Å². The van der Waals surface area contributed by atoms with E-state index in [4.69, 9.17) is 0 Å². The van der Waals surface area contributed by atoms with Gasteiger partial charge in [0.15, 0.2) is 0 Å². The third kappa shape index (κ3) is 2.92. The van der Waals surface area contributed by atoms with E-state index < -0.39 is 0 Å². The zero-order chi connectivity index (χ0) is 13.2. The van der Waals surface area contributed by atoms with Crippen LogP contribution in [0, 0.1) is 17.2 Å². The Labute approximate surface area is 110 Å². The zero-order valence-electron chi connectivity index (χ0n) is 11.7. The monoisotopic (exact) mass is 249 g/mol. The van der Waals surface area contributed by atoms with Crippen LogP contribution in [0.1, 0.15) is 51.6 Å². The molecule has 0 heterocycles. The van der Waals surface area contributed by atoms with E-state index in [9.17, 15) is 4.39 Å². The standard InChI is InChI=1S/C16H24FN/c1-4-15(13-6-5-7-14(17)10-13)18-11-16(8-9-16)12(2)3/h5-7,10,12,15,18H,4,8-9,11H2,1-3H3. The lowest BCUT2D eigenvalue weighted by atomic mass is 9.91. The van der Waals surface area contributed by atoms with Gasteiger partial charge < -0.3 is 5.32 Å². The summed E-state index contributed by atoms with van der Waals surface area (Å²) >= 11 is 0. The second-order valence-electron chi connectivity index (χ2n) is 5.91. The smallest absolute Gasteiger partial charge is 0.123 e. The van der Waals surface area contributed by atoms with E-state index in [-0.39, 0.29) is 11.9 Å². The fourth-order valence-electron chi connectivity index (χ4n) is 2.67. The molecular formula is C16H24FN. The Kier molecular flexibility index (Phi) is 4.06. The molecule has 0 bridgehead atoms. The Morgan fingerprint density at radius 2 is 2.06 bits per heavy atom. The Hall–Kier alpha value is -0.890. The van der Waals surface area contributed by atoms with Crippen LogP contribution in [0.2, 0.25) is 0 Å². The first-order chi connectivity index (χ1) is 8.57. The number of hydrogen-bond donors (Lipinski definition) is 1. The summed E-state index contributed by atoms with van der Waals surface area (Å²) in [6, 6.07) is 7.24. The van der Waals surface area contributed by atoms with E-state index in [1.165, 1.54) is 18.9 Å². The highest BCUT2D eigenvalue weighted by Gasteiger charge is 2.45. The number of nitrogens with one attached hydrogen (secondary N) is 1. The van der Waals surface area contributed by atoms with Gasteiger partial charge in [0.2, 0.25) is 0 Å². The predicted molar refractivity (Wildman–Crippen MR) is 73.9 cm³/mol. The predicted octanol–water partition coefficient (Wildman–Crippen LogP) is 4.30. The van der Waals surface area contributed by atoms with Gasteiger partial charge in [-0.25, -0.2) is 4.39 Å². The van der Waals surface area contributed by atoms with Crippen LogP contribution < -0.4 is 5.32 Å². The maximum atomic E-state index is 13.3. The maximum absolute atomic E-state index is 13.3.